The predicted molar refractivity (Wildman–Crippen MR) is 142 cm³/mol. The fourth-order valence-corrected chi connectivity index (χ4v) is 8.50. The molecule has 7 nitrogen and oxygen atoms in total. The fourth-order valence-electron chi connectivity index (χ4n) is 6.98. The molecule has 2 aromatic carbocycles. The van der Waals surface area contributed by atoms with Crippen molar-refractivity contribution < 1.29 is 22.7 Å². The molecule has 0 aliphatic heterocycles. The van der Waals surface area contributed by atoms with E-state index in [1.807, 2.05) is 6.92 Å². The maximum atomic E-state index is 13.3. The fraction of sp³-hybridized carbons (Fsp3) is 0.500. The lowest BCUT2D eigenvalue weighted by atomic mass is 9.48. The van der Waals surface area contributed by atoms with Crippen molar-refractivity contribution in [3.8, 4) is 0 Å². The Morgan fingerprint density at radius 2 is 1.57 bits per heavy atom. The maximum Gasteiger partial charge on any atom is 0.338 e. The Morgan fingerprint density at radius 3 is 2.16 bits per heavy atom. The standard InChI is InChI=1S/C28H33ClN2O5S/c1-17(26(32)30-24-8-6-23(29)7-9-24)36-27(33)22-4-3-5-25(13-22)37(34,35)31-18(2)28-14-19-10-20(15-28)12-21(11-19)16-28/h3-9,13,17-21,31H,10-12,14-16H2,1-2H3,(H,30,32). The van der Waals surface area contributed by atoms with E-state index in [0.29, 0.717) is 10.7 Å². The number of benzene rings is 2. The number of rotatable bonds is 8. The average molecular weight is 545 g/mol. The molecule has 4 saturated carbocycles. The van der Waals surface area contributed by atoms with Crippen molar-refractivity contribution in [3.05, 3.63) is 59.1 Å². The highest BCUT2D eigenvalue weighted by molar-refractivity contribution is 7.89. The van der Waals surface area contributed by atoms with Gasteiger partial charge in [-0.05, 0) is 118 Å². The van der Waals surface area contributed by atoms with Crippen LogP contribution in [-0.4, -0.2) is 32.4 Å². The molecule has 2 aromatic rings. The van der Waals surface area contributed by atoms with Crippen LogP contribution in [0.2, 0.25) is 5.02 Å². The lowest BCUT2D eigenvalue weighted by Gasteiger charge is -2.59. The molecule has 0 radical (unpaired) electrons. The third-order valence-corrected chi connectivity index (χ3v) is 10.3. The molecule has 198 valence electrons. The summed E-state index contributed by atoms with van der Waals surface area (Å²) in [6.07, 6.45) is 6.05. The number of esters is 1. The molecule has 6 rings (SSSR count). The lowest BCUT2D eigenvalue weighted by Crippen LogP contribution is -2.55. The maximum absolute atomic E-state index is 13.3. The number of anilines is 1. The molecule has 37 heavy (non-hydrogen) atoms. The summed E-state index contributed by atoms with van der Waals surface area (Å²) in [5, 5.41) is 3.19. The van der Waals surface area contributed by atoms with Gasteiger partial charge in [0.2, 0.25) is 10.0 Å². The average Bonchev–Trinajstić information content (AvgIpc) is 2.84. The van der Waals surface area contributed by atoms with Crippen molar-refractivity contribution in [3.63, 3.8) is 0 Å². The number of hydrogen-bond donors (Lipinski definition) is 2. The normalized spacial score (nSPS) is 27.9. The topological polar surface area (TPSA) is 102 Å². The van der Waals surface area contributed by atoms with Crippen LogP contribution in [0.15, 0.2) is 53.4 Å². The van der Waals surface area contributed by atoms with Crippen LogP contribution in [0.5, 0.6) is 0 Å². The number of halogens is 1. The number of amides is 1. The predicted octanol–water partition coefficient (Wildman–Crippen LogP) is 5.41. The van der Waals surface area contributed by atoms with Crippen LogP contribution in [0, 0.1) is 23.2 Å². The zero-order valence-corrected chi connectivity index (χ0v) is 22.6. The third kappa shape index (κ3) is 5.56. The number of carbonyl (C=O) groups is 2. The van der Waals surface area contributed by atoms with Crippen molar-refractivity contribution in [1.29, 1.82) is 0 Å². The van der Waals surface area contributed by atoms with E-state index in [9.17, 15) is 18.0 Å². The van der Waals surface area contributed by atoms with Gasteiger partial charge in [-0.2, -0.15) is 0 Å². The number of nitrogens with one attached hydrogen (secondary N) is 2. The van der Waals surface area contributed by atoms with Crippen LogP contribution in [0.3, 0.4) is 0 Å². The van der Waals surface area contributed by atoms with Crippen molar-refractivity contribution in [2.75, 3.05) is 5.32 Å². The molecule has 9 heteroatoms. The van der Waals surface area contributed by atoms with E-state index in [-0.39, 0.29) is 21.9 Å². The Labute approximate surface area is 223 Å². The molecule has 4 fully saturated rings. The first-order chi connectivity index (χ1) is 17.5. The second kappa shape index (κ2) is 10.0. The highest BCUT2D eigenvalue weighted by atomic mass is 35.5. The smallest absolute Gasteiger partial charge is 0.338 e. The van der Waals surface area contributed by atoms with Crippen molar-refractivity contribution in [2.45, 2.75) is 69.4 Å². The first kappa shape index (κ1) is 26.2. The zero-order chi connectivity index (χ0) is 26.4. The lowest BCUT2D eigenvalue weighted by molar-refractivity contribution is -0.123. The molecular formula is C28H33ClN2O5S. The molecule has 1 amide bonds. The Bertz CT molecular complexity index is 1260. The Hall–Kier alpha value is -2.42. The third-order valence-electron chi connectivity index (χ3n) is 8.48. The van der Waals surface area contributed by atoms with Gasteiger partial charge in [-0.15, -0.1) is 0 Å². The van der Waals surface area contributed by atoms with Gasteiger partial charge in [0.1, 0.15) is 0 Å². The van der Waals surface area contributed by atoms with Gasteiger partial charge in [0.25, 0.3) is 5.91 Å². The molecule has 0 spiro atoms. The summed E-state index contributed by atoms with van der Waals surface area (Å²) in [5.41, 5.74) is 0.603. The Morgan fingerprint density at radius 1 is 0.973 bits per heavy atom. The number of carbonyl (C=O) groups excluding carboxylic acids is 2. The van der Waals surface area contributed by atoms with Gasteiger partial charge in [-0.3, -0.25) is 4.79 Å². The second-order valence-electron chi connectivity index (χ2n) is 11.2. The summed E-state index contributed by atoms with van der Waals surface area (Å²) in [5.74, 6) is 0.871. The zero-order valence-electron chi connectivity index (χ0n) is 21.1. The van der Waals surface area contributed by atoms with Crippen LogP contribution in [-0.2, 0) is 19.6 Å². The summed E-state index contributed by atoms with van der Waals surface area (Å²) < 4.78 is 34.9. The molecule has 0 aromatic heterocycles. The van der Waals surface area contributed by atoms with E-state index in [1.165, 1.54) is 50.5 Å². The summed E-state index contributed by atoms with van der Waals surface area (Å²) >= 11 is 5.86. The van der Waals surface area contributed by atoms with Gasteiger partial charge < -0.3 is 10.1 Å². The Kier molecular flexibility index (Phi) is 7.11. The van der Waals surface area contributed by atoms with Crippen LogP contribution < -0.4 is 10.0 Å². The van der Waals surface area contributed by atoms with E-state index in [1.54, 1.807) is 24.3 Å². The molecule has 0 saturated heterocycles. The Balaban J connectivity index is 1.23. The van der Waals surface area contributed by atoms with Gasteiger partial charge in [-0.1, -0.05) is 17.7 Å². The summed E-state index contributed by atoms with van der Waals surface area (Å²) in [6, 6.07) is 12.1. The monoisotopic (exact) mass is 544 g/mol. The molecule has 4 bridgehead atoms. The van der Waals surface area contributed by atoms with E-state index in [0.717, 1.165) is 37.0 Å². The molecule has 4 aliphatic rings. The first-order valence-corrected chi connectivity index (χ1v) is 14.8. The number of hydrogen-bond acceptors (Lipinski definition) is 5. The first-order valence-electron chi connectivity index (χ1n) is 12.9. The minimum Gasteiger partial charge on any atom is -0.449 e. The van der Waals surface area contributed by atoms with Gasteiger partial charge >= 0.3 is 5.97 Å². The second-order valence-corrected chi connectivity index (χ2v) is 13.3. The summed E-state index contributed by atoms with van der Waals surface area (Å²) in [4.78, 5) is 25.2. The summed E-state index contributed by atoms with van der Waals surface area (Å²) in [6.45, 7) is 3.45. The van der Waals surface area contributed by atoms with Crippen LogP contribution >= 0.6 is 11.6 Å². The van der Waals surface area contributed by atoms with Crippen molar-refractivity contribution >= 4 is 39.2 Å². The molecular weight excluding hydrogens is 512 g/mol. The molecule has 4 aliphatic carbocycles. The highest BCUT2D eigenvalue weighted by Gasteiger charge is 2.53. The van der Waals surface area contributed by atoms with E-state index in [2.05, 4.69) is 10.0 Å². The highest BCUT2D eigenvalue weighted by Crippen LogP contribution is 2.61. The van der Waals surface area contributed by atoms with Gasteiger partial charge in [-0.25, -0.2) is 17.9 Å². The van der Waals surface area contributed by atoms with Crippen molar-refractivity contribution in [2.24, 2.45) is 23.2 Å². The van der Waals surface area contributed by atoms with E-state index < -0.39 is 28.0 Å². The number of ether oxygens (including phenoxy) is 1. The molecule has 2 unspecified atom stereocenters. The van der Waals surface area contributed by atoms with Gasteiger partial charge in [0.15, 0.2) is 6.10 Å². The largest absolute Gasteiger partial charge is 0.449 e. The van der Waals surface area contributed by atoms with E-state index >= 15 is 0 Å². The van der Waals surface area contributed by atoms with Crippen LogP contribution in [0.4, 0.5) is 5.69 Å². The quantitative estimate of drug-likeness (QED) is 0.433. The van der Waals surface area contributed by atoms with E-state index in [4.69, 9.17) is 16.3 Å². The minimum atomic E-state index is -3.85. The van der Waals surface area contributed by atoms with Crippen LogP contribution in [0.25, 0.3) is 0 Å². The van der Waals surface area contributed by atoms with Gasteiger partial charge in [0, 0.05) is 16.8 Å². The molecule has 2 N–H and O–H groups in total. The minimum absolute atomic E-state index is 0.0109. The number of sulfonamides is 1. The molecule has 0 heterocycles. The van der Waals surface area contributed by atoms with Crippen LogP contribution in [0.1, 0.15) is 62.7 Å². The van der Waals surface area contributed by atoms with Gasteiger partial charge in [0.05, 0.1) is 10.5 Å². The SMILES string of the molecule is CC(OC(=O)c1cccc(S(=O)(=O)NC(C)C23CC4CC(CC(C4)C2)C3)c1)C(=O)Nc1ccc(Cl)cc1. The summed E-state index contributed by atoms with van der Waals surface area (Å²) in [7, 11) is -3.85. The van der Waals surface area contributed by atoms with Crippen molar-refractivity contribution in [1.82, 2.24) is 4.72 Å². The molecule has 2 atom stereocenters.